The molecule has 36 heavy (non-hydrogen) atoms. The number of para-hydroxylation sites is 1. The van der Waals surface area contributed by atoms with Crippen LogP contribution < -0.4 is 0 Å². The molecule has 2 aliphatic carbocycles. The maximum atomic E-state index is 3.82. The fraction of sp³-hybridized carbons (Fsp3) is 0.0286. The van der Waals surface area contributed by atoms with Crippen LogP contribution in [0.3, 0.4) is 0 Å². The number of hydrogen-bond acceptors (Lipinski definition) is 0. The lowest BCUT2D eigenvalue weighted by molar-refractivity contribution is 0.795. The van der Waals surface area contributed by atoms with Crippen molar-refractivity contribution in [3.63, 3.8) is 0 Å². The van der Waals surface area contributed by atoms with Crippen LogP contribution in [-0.2, 0) is 5.41 Å². The molecule has 2 aliphatic rings. The van der Waals surface area contributed by atoms with Crippen molar-refractivity contribution in [3.05, 3.63) is 144 Å². The summed E-state index contributed by atoms with van der Waals surface area (Å²) in [6.45, 7) is 0. The molecule has 1 heteroatoms. The molecule has 0 unspecified atom stereocenters. The van der Waals surface area contributed by atoms with E-state index in [2.05, 4.69) is 126 Å². The number of fused-ring (bicyclic) bond motifs is 15. The van der Waals surface area contributed by atoms with Crippen molar-refractivity contribution in [2.45, 2.75) is 5.41 Å². The van der Waals surface area contributed by atoms with E-state index in [1.54, 1.807) is 0 Å². The minimum Gasteiger partial charge on any atom is -0.354 e. The Hall–Kier alpha value is -4.62. The Labute approximate surface area is 208 Å². The minimum atomic E-state index is -0.326. The molecule has 0 bridgehead atoms. The molecular formula is C35H21N. The van der Waals surface area contributed by atoms with Crippen molar-refractivity contribution < 1.29 is 0 Å². The molecule has 1 spiro atoms. The van der Waals surface area contributed by atoms with Crippen LogP contribution in [-0.4, -0.2) is 4.98 Å². The van der Waals surface area contributed by atoms with Gasteiger partial charge in [0.25, 0.3) is 0 Å². The van der Waals surface area contributed by atoms with Gasteiger partial charge in [-0.15, -0.1) is 0 Å². The Balaban J connectivity index is 1.55. The average molecular weight is 456 g/mol. The number of hydrogen-bond donors (Lipinski definition) is 1. The van der Waals surface area contributed by atoms with E-state index in [9.17, 15) is 0 Å². The quantitative estimate of drug-likeness (QED) is 0.235. The Bertz CT molecular complexity index is 2010. The number of nitrogens with one attached hydrogen (secondary N) is 1. The SMILES string of the molecule is c1ccc2c(c1)-c1ccccc1C21c2cc3ccccc3cc2-c2c1ccc1c2[nH]c2ccccc21. The molecule has 0 atom stereocenters. The first-order valence-electron chi connectivity index (χ1n) is 12.6. The van der Waals surface area contributed by atoms with E-state index in [1.165, 1.54) is 77.1 Å². The maximum absolute atomic E-state index is 3.82. The van der Waals surface area contributed by atoms with Gasteiger partial charge in [0.15, 0.2) is 0 Å². The highest BCUT2D eigenvalue weighted by Crippen LogP contribution is 2.64. The highest BCUT2D eigenvalue weighted by Gasteiger charge is 2.52. The van der Waals surface area contributed by atoms with E-state index in [0.29, 0.717) is 0 Å². The van der Waals surface area contributed by atoms with Crippen molar-refractivity contribution >= 4 is 32.6 Å². The van der Waals surface area contributed by atoms with Gasteiger partial charge < -0.3 is 4.98 Å². The predicted molar refractivity (Wildman–Crippen MR) is 150 cm³/mol. The predicted octanol–water partition coefficient (Wildman–Crippen LogP) is 8.82. The number of aromatic amines is 1. The van der Waals surface area contributed by atoms with Crippen LogP contribution in [0.4, 0.5) is 0 Å². The van der Waals surface area contributed by atoms with Gasteiger partial charge in [-0.3, -0.25) is 0 Å². The van der Waals surface area contributed by atoms with Gasteiger partial charge >= 0.3 is 0 Å². The van der Waals surface area contributed by atoms with E-state index in [4.69, 9.17) is 0 Å². The van der Waals surface area contributed by atoms with E-state index in [0.717, 1.165) is 0 Å². The highest BCUT2D eigenvalue weighted by atomic mass is 14.7. The molecule has 1 nitrogen and oxygen atoms in total. The van der Waals surface area contributed by atoms with Crippen LogP contribution in [0.1, 0.15) is 22.3 Å². The van der Waals surface area contributed by atoms with E-state index in [1.807, 2.05) is 0 Å². The Morgan fingerprint density at radius 3 is 1.86 bits per heavy atom. The third kappa shape index (κ3) is 2.01. The molecule has 9 rings (SSSR count). The standard InChI is InChI=1S/C35H21N/c1-2-10-22-20-31-27(19-21(22)9-1)33-30(18-17-26-25-13-5-8-16-32(25)36-34(26)33)35(31)28-14-6-3-11-23(28)24-12-4-7-15-29(24)35/h1-20,36H. The van der Waals surface area contributed by atoms with Gasteiger partial charge in [0.1, 0.15) is 0 Å². The summed E-state index contributed by atoms with van der Waals surface area (Å²) < 4.78 is 0. The fourth-order valence-corrected chi connectivity index (χ4v) is 7.23. The van der Waals surface area contributed by atoms with Crippen LogP contribution in [0.25, 0.3) is 54.8 Å². The largest absolute Gasteiger partial charge is 0.354 e. The number of aromatic nitrogens is 1. The zero-order valence-corrected chi connectivity index (χ0v) is 19.5. The van der Waals surface area contributed by atoms with E-state index < -0.39 is 0 Å². The molecule has 0 saturated heterocycles. The van der Waals surface area contributed by atoms with Gasteiger partial charge in [-0.1, -0.05) is 103 Å². The minimum absolute atomic E-state index is 0.326. The summed E-state index contributed by atoms with van der Waals surface area (Å²) in [6, 6.07) is 45.1. The first kappa shape index (κ1) is 18.7. The van der Waals surface area contributed by atoms with E-state index in [-0.39, 0.29) is 5.41 Å². The van der Waals surface area contributed by atoms with Gasteiger partial charge in [0.05, 0.1) is 10.9 Å². The third-order valence-electron chi connectivity index (χ3n) is 8.60. The maximum Gasteiger partial charge on any atom is 0.0726 e. The van der Waals surface area contributed by atoms with Crippen molar-refractivity contribution in [1.29, 1.82) is 0 Å². The zero-order chi connectivity index (χ0) is 23.4. The molecule has 0 radical (unpaired) electrons. The van der Waals surface area contributed by atoms with Crippen LogP contribution in [0, 0.1) is 0 Å². The lowest BCUT2D eigenvalue weighted by Crippen LogP contribution is -2.25. The van der Waals surface area contributed by atoms with Crippen LogP contribution in [0.15, 0.2) is 121 Å². The summed E-state index contributed by atoms with van der Waals surface area (Å²) in [6.07, 6.45) is 0. The van der Waals surface area contributed by atoms with Crippen molar-refractivity contribution in [2.75, 3.05) is 0 Å². The first-order chi connectivity index (χ1) is 17.9. The van der Waals surface area contributed by atoms with Crippen molar-refractivity contribution in [3.8, 4) is 22.3 Å². The van der Waals surface area contributed by atoms with Crippen molar-refractivity contribution in [1.82, 2.24) is 4.98 Å². The van der Waals surface area contributed by atoms with Crippen LogP contribution in [0.2, 0.25) is 0 Å². The number of rotatable bonds is 0. The topological polar surface area (TPSA) is 15.8 Å². The molecule has 0 amide bonds. The third-order valence-corrected chi connectivity index (χ3v) is 8.60. The highest BCUT2D eigenvalue weighted by molar-refractivity contribution is 6.15. The summed E-state index contributed by atoms with van der Waals surface area (Å²) in [4.78, 5) is 3.82. The van der Waals surface area contributed by atoms with Crippen LogP contribution in [0.5, 0.6) is 0 Å². The monoisotopic (exact) mass is 455 g/mol. The molecule has 1 heterocycles. The smallest absolute Gasteiger partial charge is 0.0726 e. The molecule has 1 aromatic heterocycles. The molecule has 0 aliphatic heterocycles. The van der Waals surface area contributed by atoms with Gasteiger partial charge in [0, 0.05) is 21.9 Å². The lowest BCUT2D eigenvalue weighted by atomic mass is 9.70. The van der Waals surface area contributed by atoms with Crippen LogP contribution >= 0.6 is 0 Å². The van der Waals surface area contributed by atoms with Crippen molar-refractivity contribution in [2.24, 2.45) is 0 Å². The Morgan fingerprint density at radius 1 is 0.444 bits per heavy atom. The molecular weight excluding hydrogens is 434 g/mol. The van der Waals surface area contributed by atoms with E-state index >= 15 is 0 Å². The number of H-pyrrole nitrogens is 1. The summed E-state index contributed by atoms with van der Waals surface area (Å²) >= 11 is 0. The molecule has 0 fully saturated rings. The number of benzene rings is 6. The lowest BCUT2D eigenvalue weighted by Gasteiger charge is -2.30. The second-order valence-corrected chi connectivity index (χ2v) is 10.2. The first-order valence-corrected chi connectivity index (χ1v) is 12.6. The Kier molecular flexibility index (Phi) is 3.28. The Morgan fingerprint density at radius 2 is 1.08 bits per heavy atom. The molecule has 7 aromatic rings. The molecule has 6 aromatic carbocycles. The second-order valence-electron chi connectivity index (χ2n) is 10.2. The normalized spacial score (nSPS) is 14.3. The molecule has 0 saturated carbocycles. The second kappa shape index (κ2) is 6.33. The molecule has 1 N–H and O–H groups in total. The summed E-state index contributed by atoms with van der Waals surface area (Å²) in [5.74, 6) is 0. The van der Waals surface area contributed by atoms with Gasteiger partial charge in [0.2, 0.25) is 0 Å². The fourth-order valence-electron chi connectivity index (χ4n) is 7.23. The molecule has 166 valence electrons. The van der Waals surface area contributed by atoms with Gasteiger partial charge in [-0.25, -0.2) is 0 Å². The average Bonchev–Trinajstić information content (AvgIpc) is 3.55. The zero-order valence-electron chi connectivity index (χ0n) is 19.5. The summed E-state index contributed by atoms with van der Waals surface area (Å²) in [5.41, 5.74) is 13.0. The summed E-state index contributed by atoms with van der Waals surface area (Å²) in [7, 11) is 0. The van der Waals surface area contributed by atoms with Gasteiger partial charge in [-0.05, 0) is 67.9 Å². The van der Waals surface area contributed by atoms with Gasteiger partial charge in [-0.2, -0.15) is 0 Å². The summed E-state index contributed by atoms with van der Waals surface area (Å²) in [5, 5.41) is 5.15.